The first-order chi connectivity index (χ1) is 12.6. The second kappa shape index (κ2) is 9.93. The van der Waals surface area contributed by atoms with Gasteiger partial charge in [-0.2, -0.15) is 5.10 Å². The van der Waals surface area contributed by atoms with E-state index in [4.69, 9.17) is 4.74 Å². The zero-order valence-electron chi connectivity index (χ0n) is 14.6. The van der Waals surface area contributed by atoms with Crippen molar-refractivity contribution in [1.82, 2.24) is 5.43 Å². The number of aryl methyl sites for hydroxylation is 1. The molecule has 0 radical (unpaired) electrons. The van der Waals surface area contributed by atoms with Gasteiger partial charge < -0.3 is 4.74 Å². The summed E-state index contributed by atoms with van der Waals surface area (Å²) in [7, 11) is 0. The van der Waals surface area contributed by atoms with Gasteiger partial charge in [-0.1, -0.05) is 25.5 Å². The third-order valence-corrected chi connectivity index (χ3v) is 3.62. The number of non-ortho nitro benzene ring substituents is 1. The summed E-state index contributed by atoms with van der Waals surface area (Å²) >= 11 is 0. The van der Waals surface area contributed by atoms with Crippen LogP contribution in [0.3, 0.4) is 0 Å². The molecule has 0 aliphatic carbocycles. The van der Waals surface area contributed by atoms with Crippen molar-refractivity contribution in [3.8, 4) is 5.75 Å². The number of nitro groups is 1. The van der Waals surface area contributed by atoms with Crippen molar-refractivity contribution in [1.29, 1.82) is 0 Å². The predicted molar refractivity (Wildman–Crippen MR) is 99.4 cm³/mol. The predicted octanol–water partition coefficient (Wildman–Crippen LogP) is 3.47. The van der Waals surface area contributed by atoms with E-state index in [1.54, 1.807) is 12.1 Å². The average Bonchev–Trinajstić information content (AvgIpc) is 2.66. The molecule has 0 fully saturated rings. The maximum Gasteiger partial charge on any atom is 0.277 e. The summed E-state index contributed by atoms with van der Waals surface area (Å²) in [6.45, 7) is 2.01. The van der Waals surface area contributed by atoms with Crippen LogP contribution in [0.25, 0.3) is 0 Å². The van der Waals surface area contributed by atoms with Gasteiger partial charge in [0.2, 0.25) is 0 Å². The summed E-state index contributed by atoms with van der Waals surface area (Å²) in [6, 6.07) is 13.5. The van der Waals surface area contributed by atoms with Crippen LogP contribution in [0, 0.1) is 10.1 Å². The quantitative estimate of drug-likeness (QED) is 0.423. The number of carbonyl (C=O) groups is 1. The third-order valence-electron chi connectivity index (χ3n) is 3.62. The van der Waals surface area contributed by atoms with Gasteiger partial charge in [0.25, 0.3) is 11.6 Å². The molecule has 1 N–H and O–H groups in total. The fourth-order valence-electron chi connectivity index (χ4n) is 2.18. The van der Waals surface area contributed by atoms with Crippen LogP contribution in [0.5, 0.6) is 5.75 Å². The molecule has 7 heteroatoms. The van der Waals surface area contributed by atoms with Gasteiger partial charge in [0.1, 0.15) is 5.75 Å². The highest BCUT2D eigenvalue weighted by molar-refractivity contribution is 5.83. The Balaban J connectivity index is 1.75. The summed E-state index contributed by atoms with van der Waals surface area (Å²) in [5.74, 6) is 0.234. The van der Waals surface area contributed by atoms with E-state index >= 15 is 0 Å². The fraction of sp³-hybridized carbons (Fsp3) is 0.263. The minimum absolute atomic E-state index is 0.000276. The Morgan fingerprint density at radius 1 is 1.19 bits per heavy atom. The maximum absolute atomic E-state index is 11.7. The number of nitro benzene ring substituents is 1. The van der Waals surface area contributed by atoms with Crippen LogP contribution in [-0.2, 0) is 11.2 Å². The van der Waals surface area contributed by atoms with Gasteiger partial charge >= 0.3 is 0 Å². The van der Waals surface area contributed by atoms with Crippen LogP contribution in [0.4, 0.5) is 5.69 Å². The van der Waals surface area contributed by atoms with Crippen LogP contribution in [0.2, 0.25) is 0 Å². The van der Waals surface area contributed by atoms with Gasteiger partial charge in [-0.15, -0.1) is 0 Å². The summed E-state index contributed by atoms with van der Waals surface area (Å²) in [4.78, 5) is 21.8. The Morgan fingerprint density at radius 3 is 2.50 bits per heavy atom. The lowest BCUT2D eigenvalue weighted by Gasteiger charge is -2.06. The minimum Gasteiger partial charge on any atom is -0.484 e. The van der Waals surface area contributed by atoms with E-state index in [0.29, 0.717) is 11.3 Å². The molecule has 0 bridgehead atoms. The number of amides is 1. The molecule has 0 saturated carbocycles. The van der Waals surface area contributed by atoms with Crippen molar-refractivity contribution >= 4 is 17.8 Å². The van der Waals surface area contributed by atoms with Gasteiger partial charge in [-0.25, -0.2) is 5.43 Å². The zero-order valence-corrected chi connectivity index (χ0v) is 14.6. The van der Waals surface area contributed by atoms with Crippen molar-refractivity contribution < 1.29 is 14.5 Å². The van der Waals surface area contributed by atoms with Crippen LogP contribution in [0.15, 0.2) is 53.6 Å². The molecule has 2 aromatic rings. The summed E-state index contributed by atoms with van der Waals surface area (Å²) < 4.78 is 5.41. The molecule has 0 spiro atoms. The van der Waals surface area contributed by atoms with Gasteiger partial charge in [-0.05, 0) is 48.2 Å². The first-order valence-electron chi connectivity index (χ1n) is 8.36. The number of hydrogen-bond donors (Lipinski definition) is 1. The smallest absolute Gasteiger partial charge is 0.277 e. The summed E-state index contributed by atoms with van der Waals surface area (Å²) in [5.41, 5.74) is 4.24. The first-order valence-corrected chi connectivity index (χ1v) is 8.36. The largest absolute Gasteiger partial charge is 0.484 e. The number of hydrogen-bond acceptors (Lipinski definition) is 5. The van der Waals surface area contributed by atoms with Gasteiger partial charge in [0.05, 0.1) is 11.1 Å². The van der Waals surface area contributed by atoms with Crippen molar-refractivity contribution in [2.24, 2.45) is 5.10 Å². The Hall–Kier alpha value is -3.22. The number of hydrazone groups is 1. The molecule has 2 aromatic carbocycles. The van der Waals surface area contributed by atoms with Crippen LogP contribution >= 0.6 is 0 Å². The molecule has 0 saturated heterocycles. The normalized spacial score (nSPS) is 10.7. The van der Waals surface area contributed by atoms with Crippen LogP contribution in [0.1, 0.15) is 30.9 Å². The highest BCUT2D eigenvalue weighted by atomic mass is 16.6. The Kier molecular flexibility index (Phi) is 7.30. The number of carbonyl (C=O) groups excluding carboxylic acids is 1. The Morgan fingerprint density at radius 2 is 1.88 bits per heavy atom. The van der Waals surface area contributed by atoms with Crippen molar-refractivity contribution in [2.45, 2.75) is 26.2 Å². The molecular formula is C19H21N3O4. The van der Waals surface area contributed by atoms with Gasteiger partial charge in [-0.3, -0.25) is 14.9 Å². The molecule has 2 rings (SSSR count). The topological polar surface area (TPSA) is 93.8 Å². The third kappa shape index (κ3) is 6.35. The fourth-order valence-corrected chi connectivity index (χ4v) is 2.18. The van der Waals surface area contributed by atoms with E-state index < -0.39 is 10.8 Å². The zero-order chi connectivity index (χ0) is 18.8. The maximum atomic E-state index is 11.7. The molecule has 0 unspecified atom stereocenters. The molecule has 26 heavy (non-hydrogen) atoms. The summed E-state index contributed by atoms with van der Waals surface area (Å²) in [5, 5.41) is 14.4. The lowest BCUT2D eigenvalue weighted by molar-refractivity contribution is -0.384. The van der Waals surface area contributed by atoms with Gasteiger partial charge in [0.15, 0.2) is 6.61 Å². The number of nitrogens with zero attached hydrogens (tertiary/aromatic N) is 2. The Labute approximate surface area is 151 Å². The van der Waals surface area contributed by atoms with Crippen molar-refractivity contribution in [3.05, 3.63) is 69.8 Å². The van der Waals surface area contributed by atoms with E-state index in [2.05, 4.69) is 17.5 Å². The molecule has 136 valence electrons. The number of ether oxygens (including phenoxy) is 1. The lowest BCUT2D eigenvalue weighted by Crippen LogP contribution is -2.24. The second-order valence-corrected chi connectivity index (χ2v) is 5.68. The number of benzene rings is 2. The highest BCUT2D eigenvalue weighted by Crippen LogP contribution is 2.14. The standard InChI is InChI=1S/C19H21N3O4/c1-2-3-4-15-7-11-18(12-8-15)26-14-19(23)21-20-13-16-5-9-17(10-6-16)22(24)25/h5-13H,2-4,14H2,1H3,(H,21,23). The van der Waals surface area contributed by atoms with E-state index in [1.807, 2.05) is 24.3 Å². The number of rotatable bonds is 9. The van der Waals surface area contributed by atoms with E-state index in [0.717, 1.165) is 19.3 Å². The minimum atomic E-state index is -0.476. The number of unbranched alkanes of at least 4 members (excludes halogenated alkanes) is 1. The first kappa shape index (κ1) is 19.1. The monoisotopic (exact) mass is 355 g/mol. The highest BCUT2D eigenvalue weighted by Gasteiger charge is 2.04. The molecule has 0 aliphatic rings. The molecule has 0 aliphatic heterocycles. The van der Waals surface area contributed by atoms with Crippen molar-refractivity contribution in [2.75, 3.05) is 6.61 Å². The molecule has 7 nitrogen and oxygen atoms in total. The SMILES string of the molecule is CCCCc1ccc(OCC(=O)NN=Cc2ccc([N+](=O)[O-])cc2)cc1. The molecule has 0 heterocycles. The Bertz CT molecular complexity index is 755. The lowest BCUT2D eigenvalue weighted by atomic mass is 10.1. The van der Waals surface area contributed by atoms with E-state index in [-0.39, 0.29) is 12.3 Å². The van der Waals surface area contributed by atoms with Crippen molar-refractivity contribution in [3.63, 3.8) is 0 Å². The summed E-state index contributed by atoms with van der Waals surface area (Å²) in [6.07, 6.45) is 4.74. The molecule has 1 amide bonds. The molecule has 0 atom stereocenters. The number of nitrogens with one attached hydrogen (secondary N) is 1. The molecular weight excluding hydrogens is 334 g/mol. The molecule has 0 aromatic heterocycles. The average molecular weight is 355 g/mol. The van der Waals surface area contributed by atoms with E-state index in [9.17, 15) is 14.9 Å². The van der Waals surface area contributed by atoms with Crippen LogP contribution < -0.4 is 10.2 Å². The van der Waals surface area contributed by atoms with E-state index in [1.165, 1.54) is 23.9 Å². The second-order valence-electron chi connectivity index (χ2n) is 5.68. The van der Waals surface area contributed by atoms with Gasteiger partial charge in [0, 0.05) is 12.1 Å². The van der Waals surface area contributed by atoms with Crippen LogP contribution in [-0.4, -0.2) is 23.7 Å².